The Morgan fingerprint density at radius 2 is 2.00 bits per heavy atom. The summed E-state index contributed by atoms with van der Waals surface area (Å²) >= 11 is 0.708. The molecule has 0 aliphatic carbocycles. The summed E-state index contributed by atoms with van der Waals surface area (Å²) in [4.78, 5) is 49.0. The number of hydrogen-bond acceptors (Lipinski definition) is 7. The monoisotopic (exact) mass is 429 g/mol. The van der Waals surface area contributed by atoms with Gasteiger partial charge in [-0.1, -0.05) is 6.07 Å². The van der Waals surface area contributed by atoms with E-state index in [0.717, 1.165) is 10.5 Å². The van der Waals surface area contributed by atoms with Gasteiger partial charge in [0.05, 0.1) is 17.1 Å². The molecular formula is C21H19NO7S. The highest BCUT2D eigenvalue weighted by atomic mass is 32.2. The highest BCUT2D eigenvalue weighted by Crippen LogP contribution is 2.35. The fraction of sp³-hybridized carbons (Fsp3) is 0.238. The summed E-state index contributed by atoms with van der Waals surface area (Å²) in [5.41, 5.74) is 1.56. The lowest BCUT2D eigenvalue weighted by atomic mass is 10.0. The number of aryl methyl sites for hydroxylation is 1. The first kappa shape index (κ1) is 21.4. The maximum absolute atomic E-state index is 12.6. The number of carbonyl (C=O) groups excluding carboxylic acids is 3. The Morgan fingerprint density at radius 3 is 2.67 bits per heavy atom. The second-order valence-electron chi connectivity index (χ2n) is 6.52. The highest BCUT2D eigenvalue weighted by Gasteiger charge is 2.41. The van der Waals surface area contributed by atoms with Crippen molar-refractivity contribution >= 4 is 40.9 Å². The maximum Gasteiger partial charge on any atom is 0.335 e. The molecule has 8 nitrogen and oxygen atoms in total. The second kappa shape index (κ2) is 8.58. The van der Waals surface area contributed by atoms with Crippen molar-refractivity contribution < 1.29 is 33.4 Å². The molecule has 0 spiro atoms. The van der Waals surface area contributed by atoms with Crippen LogP contribution in [-0.4, -0.2) is 45.7 Å². The number of carboxylic acids is 1. The third-order valence-corrected chi connectivity index (χ3v) is 5.37. The van der Waals surface area contributed by atoms with E-state index in [1.54, 1.807) is 25.1 Å². The molecule has 0 bridgehead atoms. The molecule has 1 N–H and O–H groups in total. The molecule has 2 amide bonds. The fourth-order valence-corrected chi connectivity index (χ4v) is 3.80. The average Bonchev–Trinajstić information content (AvgIpc) is 3.26. The molecule has 1 fully saturated rings. The van der Waals surface area contributed by atoms with E-state index >= 15 is 0 Å². The van der Waals surface area contributed by atoms with Gasteiger partial charge in [0.1, 0.15) is 17.6 Å². The normalized spacial score (nSPS) is 16.2. The van der Waals surface area contributed by atoms with Gasteiger partial charge >= 0.3 is 11.9 Å². The van der Waals surface area contributed by atoms with E-state index in [-0.39, 0.29) is 17.1 Å². The predicted molar refractivity (Wildman–Crippen MR) is 110 cm³/mol. The number of aromatic carboxylic acids is 1. The smallest absolute Gasteiger partial charge is 0.335 e. The van der Waals surface area contributed by atoms with Crippen LogP contribution in [0.4, 0.5) is 4.79 Å². The Balaban J connectivity index is 1.86. The topological polar surface area (TPSA) is 114 Å². The fourth-order valence-electron chi connectivity index (χ4n) is 2.91. The number of rotatable bonds is 6. The number of amides is 2. The summed E-state index contributed by atoms with van der Waals surface area (Å²) in [6.45, 7) is 5.04. The predicted octanol–water partition coefficient (Wildman–Crippen LogP) is 3.94. The molecule has 0 radical (unpaired) electrons. The van der Waals surface area contributed by atoms with Crippen LogP contribution in [0.2, 0.25) is 0 Å². The van der Waals surface area contributed by atoms with E-state index in [1.807, 2.05) is 6.92 Å². The van der Waals surface area contributed by atoms with Crippen molar-refractivity contribution in [3.8, 4) is 11.3 Å². The molecule has 1 aromatic heterocycles. The molecule has 2 aromatic rings. The number of esters is 1. The quantitative estimate of drug-likeness (QED) is 0.542. The minimum absolute atomic E-state index is 0.119. The molecule has 1 saturated heterocycles. The third kappa shape index (κ3) is 4.16. The maximum atomic E-state index is 12.6. The lowest BCUT2D eigenvalue weighted by molar-refractivity contribution is -0.150. The summed E-state index contributed by atoms with van der Waals surface area (Å²) in [7, 11) is 0. The van der Waals surface area contributed by atoms with Crippen LogP contribution in [0.5, 0.6) is 0 Å². The number of thioether (sulfide) groups is 1. The van der Waals surface area contributed by atoms with E-state index in [4.69, 9.17) is 9.15 Å². The van der Waals surface area contributed by atoms with Gasteiger partial charge in [0, 0.05) is 11.6 Å². The van der Waals surface area contributed by atoms with Crippen LogP contribution >= 0.6 is 11.8 Å². The molecule has 3 rings (SSSR count). The lowest BCUT2D eigenvalue weighted by Crippen LogP contribution is -2.42. The van der Waals surface area contributed by atoms with Gasteiger partial charge in [0.15, 0.2) is 0 Å². The summed E-state index contributed by atoms with van der Waals surface area (Å²) in [6, 6.07) is 6.94. The first-order valence-corrected chi connectivity index (χ1v) is 9.92. The van der Waals surface area contributed by atoms with Crippen LogP contribution in [0.15, 0.2) is 39.7 Å². The molecular weight excluding hydrogens is 410 g/mol. The molecule has 1 aliphatic rings. The Hall–Kier alpha value is -3.33. The molecule has 0 unspecified atom stereocenters. The van der Waals surface area contributed by atoms with Crippen molar-refractivity contribution in [1.29, 1.82) is 0 Å². The molecule has 2 heterocycles. The number of furan rings is 1. The zero-order chi connectivity index (χ0) is 22.0. The molecule has 1 aromatic carbocycles. The second-order valence-corrected chi connectivity index (χ2v) is 7.51. The van der Waals surface area contributed by atoms with Crippen LogP contribution < -0.4 is 0 Å². The number of carboxylic acid groups (broad SMARTS) is 1. The van der Waals surface area contributed by atoms with E-state index in [0.29, 0.717) is 28.8 Å². The SMILES string of the molecule is CCOC(=O)[C@H](C)N1C(=O)S/C(=C/c2ccc(-c3cc(C(=O)O)ccc3C)o2)C1=O. The van der Waals surface area contributed by atoms with Crippen molar-refractivity contribution in [2.75, 3.05) is 6.61 Å². The molecule has 9 heteroatoms. The minimum atomic E-state index is -1.05. The zero-order valence-corrected chi connectivity index (χ0v) is 17.3. The van der Waals surface area contributed by atoms with Crippen LogP contribution in [0.1, 0.15) is 35.5 Å². The van der Waals surface area contributed by atoms with Crippen molar-refractivity contribution in [3.63, 3.8) is 0 Å². The number of nitrogens with zero attached hydrogens (tertiary/aromatic N) is 1. The summed E-state index contributed by atoms with van der Waals surface area (Å²) < 4.78 is 10.6. The molecule has 0 saturated carbocycles. The number of imide groups is 1. The van der Waals surface area contributed by atoms with E-state index in [9.17, 15) is 24.3 Å². The number of hydrogen-bond donors (Lipinski definition) is 1. The summed E-state index contributed by atoms with van der Waals surface area (Å²) in [6.07, 6.45) is 1.42. The van der Waals surface area contributed by atoms with Gasteiger partial charge in [-0.15, -0.1) is 0 Å². The van der Waals surface area contributed by atoms with E-state index in [1.165, 1.54) is 25.1 Å². The van der Waals surface area contributed by atoms with Gasteiger partial charge in [0.25, 0.3) is 11.1 Å². The van der Waals surface area contributed by atoms with Gasteiger partial charge < -0.3 is 14.3 Å². The van der Waals surface area contributed by atoms with Gasteiger partial charge in [-0.05, 0) is 62.4 Å². The Morgan fingerprint density at radius 1 is 1.27 bits per heavy atom. The van der Waals surface area contributed by atoms with Crippen molar-refractivity contribution in [2.24, 2.45) is 0 Å². The number of carbonyl (C=O) groups is 4. The molecule has 30 heavy (non-hydrogen) atoms. The van der Waals surface area contributed by atoms with Crippen molar-refractivity contribution in [2.45, 2.75) is 26.8 Å². The van der Waals surface area contributed by atoms with Crippen LogP contribution in [0, 0.1) is 6.92 Å². The Kier molecular flexibility index (Phi) is 6.12. The molecule has 156 valence electrons. The van der Waals surface area contributed by atoms with Gasteiger partial charge in [0.2, 0.25) is 0 Å². The van der Waals surface area contributed by atoms with E-state index in [2.05, 4.69) is 0 Å². The summed E-state index contributed by atoms with van der Waals surface area (Å²) in [5, 5.41) is 8.62. The van der Waals surface area contributed by atoms with Crippen molar-refractivity contribution in [1.82, 2.24) is 4.90 Å². The Labute approximate surface area is 176 Å². The third-order valence-electron chi connectivity index (χ3n) is 4.49. The number of benzene rings is 1. The average molecular weight is 429 g/mol. The summed E-state index contributed by atoms with van der Waals surface area (Å²) in [5.74, 6) is -1.56. The van der Waals surface area contributed by atoms with Crippen LogP contribution in [0.3, 0.4) is 0 Å². The molecule has 1 aliphatic heterocycles. The standard InChI is InChI=1S/C21H19NO7S/c1-4-28-20(26)12(3)22-18(23)17(30-21(22)27)10-14-7-8-16(29-14)15-9-13(19(24)25)6-5-11(15)2/h5-10,12H,4H2,1-3H3,(H,24,25)/b17-10+/t12-/m0/s1. The van der Waals surface area contributed by atoms with Crippen molar-refractivity contribution in [3.05, 3.63) is 52.1 Å². The zero-order valence-electron chi connectivity index (χ0n) is 16.5. The van der Waals surface area contributed by atoms with Gasteiger partial charge in [-0.2, -0.15) is 0 Å². The minimum Gasteiger partial charge on any atom is -0.478 e. The Bertz CT molecular complexity index is 1070. The van der Waals surface area contributed by atoms with E-state index < -0.39 is 29.1 Å². The van der Waals surface area contributed by atoms with Crippen LogP contribution in [0.25, 0.3) is 17.4 Å². The first-order chi connectivity index (χ1) is 14.2. The number of ether oxygens (including phenoxy) is 1. The first-order valence-electron chi connectivity index (χ1n) is 9.10. The van der Waals surface area contributed by atoms with Crippen LogP contribution in [-0.2, 0) is 14.3 Å². The van der Waals surface area contributed by atoms with Gasteiger partial charge in [-0.25, -0.2) is 9.59 Å². The highest BCUT2D eigenvalue weighted by molar-refractivity contribution is 8.18. The molecule has 1 atom stereocenters. The largest absolute Gasteiger partial charge is 0.478 e. The lowest BCUT2D eigenvalue weighted by Gasteiger charge is -2.19. The van der Waals surface area contributed by atoms with Gasteiger partial charge in [-0.3, -0.25) is 14.5 Å².